The number of carbonyl (C=O) groups is 1. The first kappa shape index (κ1) is 18.5. The highest BCUT2D eigenvalue weighted by Crippen LogP contribution is 2.12. The quantitative estimate of drug-likeness (QED) is 0.629. The standard InChI is InChI=1S/C20H22FIN2O/c21-20-4-2-1-3-17(20)14-23-9-11-24(12-10-23)15-19(25)13-16-5-7-18(22)8-6-16/h1-8H,9-15H2. The van der Waals surface area contributed by atoms with Gasteiger partial charge in [-0.05, 0) is 46.4 Å². The lowest BCUT2D eigenvalue weighted by Gasteiger charge is -2.34. The first-order chi connectivity index (χ1) is 12.1. The normalized spacial score (nSPS) is 16.1. The summed E-state index contributed by atoms with van der Waals surface area (Å²) in [6, 6.07) is 15.0. The fraction of sp³-hybridized carbons (Fsp3) is 0.350. The molecule has 0 bridgehead atoms. The summed E-state index contributed by atoms with van der Waals surface area (Å²) in [4.78, 5) is 16.7. The molecule has 0 atom stereocenters. The molecule has 1 aliphatic heterocycles. The Bertz CT molecular complexity index is 712. The van der Waals surface area contributed by atoms with E-state index in [0.29, 0.717) is 19.5 Å². The predicted octanol–water partition coefficient (Wildman–Crippen LogP) is 3.36. The van der Waals surface area contributed by atoms with Crippen molar-refractivity contribution in [1.82, 2.24) is 9.80 Å². The van der Waals surface area contributed by atoms with Gasteiger partial charge in [-0.2, -0.15) is 0 Å². The zero-order valence-electron chi connectivity index (χ0n) is 14.1. The summed E-state index contributed by atoms with van der Waals surface area (Å²) in [5.41, 5.74) is 1.81. The molecule has 0 radical (unpaired) electrons. The highest BCUT2D eigenvalue weighted by molar-refractivity contribution is 14.1. The number of ketones is 1. The molecular weight excluding hydrogens is 430 g/mol. The predicted molar refractivity (Wildman–Crippen MR) is 106 cm³/mol. The van der Waals surface area contributed by atoms with Gasteiger partial charge in [-0.3, -0.25) is 14.6 Å². The second-order valence-corrected chi connectivity index (χ2v) is 7.73. The van der Waals surface area contributed by atoms with Gasteiger partial charge in [0.2, 0.25) is 0 Å². The molecule has 2 aromatic rings. The highest BCUT2D eigenvalue weighted by atomic mass is 127. The van der Waals surface area contributed by atoms with Gasteiger partial charge in [0.05, 0.1) is 6.54 Å². The van der Waals surface area contributed by atoms with Crippen molar-refractivity contribution in [3.05, 3.63) is 69.0 Å². The molecule has 3 rings (SSSR count). The Kier molecular flexibility index (Phi) is 6.56. The number of rotatable bonds is 6. The van der Waals surface area contributed by atoms with Crippen LogP contribution in [0, 0.1) is 9.39 Å². The molecule has 0 saturated carbocycles. The zero-order chi connectivity index (χ0) is 17.6. The summed E-state index contributed by atoms with van der Waals surface area (Å²) >= 11 is 2.26. The molecule has 0 spiro atoms. The maximum absolute atomic E-state index is 13.7. The maximum atomic E-state index is 13.7. The van der Waals surface area contributed by atoms with Crippen LogP contribution >= 0.6 is 22.6 Å². The van der Waals surface area contributed by atoms with Crippen LogP contribution in [0.15, 0.2) is 48.5 Å². The van der Waals surface area contributed by atoms with Crippen LogP contribution in [0.5, 0.6) is 0 Å². The first-order valence-electron chi connectivity index (χ1n) is 8.54. The van der Waals surface area contributed by atoms with E-state index in [9.17, 15) is 9.18 Å². The summed E-state index contributed by atoms with van der Waals surface area (Å²) in [5, 5.41) is 0. The number of hydrogen-bond donors (Lipinski definition) is 0. The third-order valence-electron chi connectivity index (χ3n) is 4.53. The summed E-state index contributed by atoms with van der Waals surface area (Å²) in [6.45, 7) is 4.58. The van der Waals surface area contributed by atoms with E-state index in [-0.39, 0.29) is 11.6 Å². The van der Waals surface area contributed by atoms with Crippen LogP contribution in [0.25, 0.3) is 0 Å². The lowest BCUT2D eigenvalue weighted by molar-refractivity contribution is -0.120. The summed E-state index contributed by atoms with van der Waals surface area (Å²) in [5.74, 6) is 0.112. The zero-order valence-corrected chi connectivity index (χ0v) is 16.3. The smallest absolute Gasteiger partial charge is 0.151 e. The average Bonchev–Trinajstić information content (AvgIpc) is 2.61. The van der Waals surface area contributed by atoms with E-state index in [0.717, 1.165) is 37.3 Å². The van der Waals surface area contributed by atoms with Crippen molar-refractivity contribution in [2.45, 2.75) is 13.0 Å². The molecule has 1 fully saturated rings. The molecule has 0 aromatic heterocycles. The van der Waals surface area contributed by atoms with Crippen LogP contribution in [0.1, 0.15) is 11.1 Å². The van der Waals surface area contributed by atoms with Crippen LogP contribution in [0.4, 0.5) is 4.39 Å². The van der Waals surface area contributed by atoms with Gasteiger partial charge in [-0.1, -0.05) is 30.3 Å². The van der Waals surface area contributed by atoms with Crippen LogP contribution in [-0.4, -0.2) is 48.3 Å². The van der Waals surface area contributed by atoms with Crippen molar-refractivity contribution < 1.29 is 9.18 Å². The minimum absolute atomic E-state index is 0.141. The van der Waals surface area contributed by atoms with Gasteiger partial charge in [-0.15, -0.1) is 0 Å². The largest absolute Gasteiger partial charge is 0.298 e. The van der Waals surface area contributed by atoms with Gasteiger partial charge in [-0.25, -0.2) is 4.39 Å². The molecule has 0 amide bonds. The van der Waals surface area contributed by atoms with Crippen molar-refractivity contribution in [3.63, 3.8) is 0 Å². The van der Waals surface area contributed by atoms with E-state index in [1.165, 1.54) is 9.64 Å². The summed E-state index contributed by atoms with van der Waals surface area (Å²) < 4.78 is 14.9. The number of nitrogens with zero attached hydrogens (tertiary/aromatic N) is 2. The second kappa shape index (κ2) is 8.87. The van der Waals surface area contributed by atoms with E-state index >= 15 is 0 Å². The third-order valence-corrected chi connectivity index (χ3v) is 5.25. The van der Waals surface area contributed by atoms with Crippen LogP contribution < -0.4 is 0 Å². The number of carbonyl (C=O) groups excluding carboxylic acids is 1. The van der Waals surface area contributed by atoms with Gasteiger partial charge in [0.1, 0.15) is 5.82 Å². The van der Waals surface area contributed by atoms with Gasteiger partial charge in [0.15, 0.2) is 5.78 Å². The molecule has 132 valence electrons. The Balaban J connectivity index is 1.43. The Morgan fingerprint density at radius 3 is 2.28 bits per heavy atom. The van der Waals surface area contributed by atoms with E-state index < -0.39 is 0 Å². The van der Waals surface area contributed by atoms with Crippen LogP contribution in [-0.2, 0) is 17.8 Å². The first-order valence-corrected chi connectivity index (χ1v) is 9.62. The second-order valence-electron chi connectivity index (χ2n) is 6.49. The minimum Gasteiger partial charge on any atom is -0.298 e. The molecule has 1 heterocycles. The minimum atomic E-state index is -0.141. The summed E-state index contributed by atoms with van der Waals surface area (Å²) in [7, 11) is 0. The SMILES string of the molecule is O=C(Cc1ccc(I)cc1)CN1CCN(Cc2ccccc2F)CC1. The number of halogens is 2. The molecule has 0 N–H and O–H groups in total. The monoisotopic (exact) mass is 452 g/mol. The fourth-order valence-electron chi connectivity index (χ4n) is 3.11. The Morgan fingerprint density at radius 1 is 0.960 bits per heavy atom. The molecule has 0 unspecified atom stereocenters. The van der Waals surface area contributed by atoms with Gasteiger partial charge in [0, 0.05) is 48.3 Å². The molecule has 5 heteroatoms. The molecule has 25 heavy (non-hydrogen) atoms. The van der Waals surface area contributed by atoms with E-state index in [2.05, 4.69) is 32.4 Å². The number of benzene rings is 2. The van der Waals surface area contributed by atoms with Crippen molar-refractivity contribution >= 4 is 28.4 Å². The Hall–Kier alpha value is -1.31. The molecule has 1 saturated heterocycles. The summed E-state index contributed by atoms with van der Waals surface area (Å²) in [6.07, 6.45) is 0.492. The van der Waals surface area contributed by atoms with E-state index in [4.69, 9.17) is 0 Å². The fourth-order valence-corrected chi connectivity index (χ4v) is 3.47. The van der Waals surface area contributed by atoms with E-state index in [1.807, 2.05) is 36.4 Å². The van der Waals surface area contributed by atoms with Gasteiger partial charge < -0.3 is 0 Å². The number of hydrogen-bond acceptors (Lipinski definition) is 3. The molecule has 3 nitrogen and oxygen atoms in total. The lowest BCUT2D eigenvalue weighted by Crippen LogP contribution is -2.47. The lowest BCUT2D eigenvalue weighted by atomic mass is 10.1. The molecule has 0 aliphatic carbocycles. The maximum Gasteiger partial charge on any atom is 0.151 e. The van der Waals surface area contributed by atoms with Crippen molar-refractivity contribution in [3.8, 4) is 0 Å². The van der Waals surface area contributed by atoms with Crippen molar-refractivity contribution in [2.24, 2.45) is 0 Å². The van der Waals surface area contributed by atoms with Gasteiger partial charge in [0.25, 0.3) is 0 Å². The topological polar surface area (TPSA) is 23.6 Å². The van der Waals surface area contributed by atoms with Gasteiger partial charge >= 0.3 is 0 Å². The molecule has 2 aromatic carbocycles. The highest BCUT2D eigenvalue weighted by Gasteiger charge is 2.19. The van der Waals surface area contributed by atoms with Crippen LogP contribution in [0.3, 0.4) is 0 Å². The van der Waals surface area contributed by atoms with Crippen molar-refractivity contribution in [2.75, 3.05) is 32.7 Å². The van der Waals surface area contributed by atoms with Crippen LogP contribution in [0.2, 0.25) is 0 Å². The van der Waals surface area contributed by atoms with Crippen molar-refractivity contribution in [1.29, 1.82) is 0 Å². The Labute approximate surface area is 162 Å². The average molecular weight is 452 g/mol. The number of Topliss-reactive ketones (excluding diaryl/α,β-unsaturated/α-hetero) is 1. The Morgan fingerprint density at radius 2 is 1.60 bits per heavy atom. The van der Waals surface area contributed by atoms with E-state index in [1.54, 1.807) is 6.07 Å². The molecular formula is C20H22FIN2O. The molecule has 1 aliphatic rings. The third kappa shape index (κ3) is 5.59. The number of piperazine rings is 1.